The van der Waals surface area contributed by atoms with Crippen LogP contribution < -0.4 is 0 Å². The minimum atomic E-state index is -0.169. The van der Waals surface area contributed by atoms with Gasteiger partial charge in [0.05, 0.1) is 6.26 Å². The van der Waals surface area contributed by atoms with Crippen LogP contribution in [0.4, 0.5) is 0 Å². The van der Waals surface area contributed by atoms with Gasteiger partial charge >= 0.3 is 5.97 Å². The summed E-state index contributed by atoms with van der Waals surface area (Å²) in [7, 11) is 0. The molecule has 0 N–H and O–H groups in total. The van der Waals surface area contributed by atoms with Gasteiger partial charge in [-0.2, -0.15) is 0 Å². The minimum absolute atomic E-state index is 0.169. The molecule has 0 unspecified atom stereocenters. The Hall–Kier alpha value is -0.790. The van der Waals surface area contributed by atoms with E-state index in [1.54, 1.807) is 6.92 Å². The summed E-state index contributed by atoms with van der Waals surface area (Å²) in [6.07, 6.45) is 7.14. The van der Waals surface area contributed by atoms with Crippen LogP contribution in [0.1, 0.15) is 39.5 Å². The van der Waals surface area contributed by atoms with E-state index < -0.39 is 0 Å². The van der Waals surface area contributed by atoms with Crippen molar-refractivity contribution >= 4 is 5.97 Å². The van der Waals surface area contributed by atoms with E-state index in [1.165, 1.54) is 12.7 Å². The Morgan fingerprint density at radius 2 is 2.18 bits per heavy atom. The molecule has 0 aromatic carbocycles. The Morgan fingerprint density at radius 1 is 1.45 bits per heavy atom. The van der Waals surface area contributed by atoms with E-state index in [4.69, 9.17) is 4.74 Å². The van der Waals surface area contributed by atoms with Gasteiger partial charge in [0, 0.05) is 6.42 Å². The summed E-state index contributed by atoms with van der Waals surface area (Å²) < 4.78 is 4.72. The maximum atomic E-state index is 10.6. The highest BCUT2D eigenvalue weighted by Crippen LogP contribution is 1.95. The fraction of sp³-hybridized carbons (Fsp3) is 0.667. The Balaban J connectivity index is 3.22. The molecule has 0 radical (unpaired) electrons. The van der Waals surface area contributed by atoms with Crippen LogP contribution in [0.25, 0.3) is 0 Å². The molecule has 0 heterocycles. The Bertz CT molecular complexity index is 128. The predicted octanol–water partition coefficient (Wildman–Crippen LogP) is 2.64. The molecular weight excluding hydrogens is 140 g/mol. The molecule has 0 aliphatic rings. The molecule has 0 atom stereocenters. The van der Waals surface area contributed by atoms with Gasteiger partial charge in [-0.3, -0.25) is 4.79 Å². The summed E-state index contributed by atoms with van der Waals surface area (Å²) in [5.74, 6) is -0.169. The summed E-state index contributed by atoms with van der Waals surface area (Å²) in [4.78, 5) is 10.6. The van der Waals surface area contributed by atoms with Crippen LogP contribution in [-0.4, -0.2) is 5.97 Å². The third-order valence-corrected chi connectivity index (χ3v) is 1.31. The maximum absolute atomic E-state index is 10.6. The summed E-state index contributed by atoms with van der Waals surface area (Å²) >= 11 is 0. The molecule has 0 amide bonds. The quantitative estimate of drug-likeness (QED) is 0.347. The highest BCUT2D eigenvalue weighted by Gasteiger charge is 1.91. The monoisotopic (exact) mass is 156 g/mol. The first kappa shape index (κ1) is 10.2. The SMILES string of the molecule is CCCC/C=C/OC(=O)CC. The van der Waals surface area contributed by atoms with Crippen molar-refractivity contribution in [2.75, 3.05) is 0 Å². The molecule has 0 aromatic heterocycles. The van der Waals surface area contributed by atoms with Gasteiger partial charge in [0.15, 0.2) is 0 Å². The van der Waals surface area contributed by atoms with Crippen LogP contribution in [0.15, 0.2) is 12.3 Å². The Morgan fingerprint density at radius 3 is 2.73 bits per heavy atom. The summed E-state index contributed by atoms with van der Waals surface area (Å²) in [6.45, 7) is 3.91. The zero-order valence-electron chi connectivity index (χ0n) is 7.30. The summed E-state index contributed by atoms with van der Waals surface area (Å²) in [5, 5.41) is 0. The number of hydrogen-bond donors (Lipinski definition) is 0. The number of carbonyl (C=O) groups excluding carboxylic acids is 1. The van der Waals surface area contributed by atoms with Crippen molar-refractivity contribution in [2.45, 2.75) is 39.5 Å². The largest absolute Gasteiger partial charge is 0.435 e. The Labute approximate surface area is 68.2 Å². The fourth-order valence-corrected chi connectivity index (χ4v) is 0.597. The number of carbonyl (C=O) groups is 1. The molecule has 0 saturated heterocycles. The second kappa shape index (κ2) is 7.32. The lowest BCUT2D eigenvalue weighted by molar-refractivity contribution is -0.137. The van der Waals surface area contributed by atoms with Crippen LogP contribution >= 0.6 is 0 Å². The zero-order valence-corrected chi connectivity index (χ0v) is 7.30. The van der Waals surface area contributed by atoms with E-state index in [0.717, 1.165) is 12.8 Å². The minimum Gasteiger partial charge on any atom is -0.435 e. The van der Waals surface area contributed by atoms with Gasteiger partial charge in [-0.25, -0.2) is 0 Å². The van der Waals surface area contributed by atoms with E-state index >= 15 is 0 Å². The molecular formula is C9H16O2. The van der Waals surface area contributed by atoms with Gasteiger partial charge in [0.2, 0.25) is 0 Å². The second-order valence-electron chi connectivity index (χ2n) is 2.36. The lowest BCUT2D eigenvalue weighted by Gasteiger charge is -1.93. The summed E-state index contributed by atoms with van der Waals surface area (Å²) in [5.41, 5.74) is 0. The van der Waals surface area contributed by atoms with Gasteiger partial charge in [0.25, 0.3) is 0 Å². The van der Waals surface area contributed by atoms with E-state index in [2.05, 4.69) is 6.92 Å². The second-order valence-corrected chi connectivity index (χ2v) is 2.36. The Kier molecular flexibility index (Phi) is 6.79. The molecule has 0 rings (SSSR count). The van der Waals surface area contributed by atoms with Gasteiger partial charge in [-0.05, 0) is 18.9 Å². The van der Waals surface area contributed by atoms with Crippen LogP contribution in [0.2, 0.25) is 0 Å². The first-order valence-corrected chi connectivity index (χ1v) is 4.15. The van der Waals surface area contributed by atoms with Crippen molar-refractivity contribution in [1.82, 2.24) is 0 Å². The third-order valence-electron chi connectivity index (χ3n) is 1.31. The molecule has 0 aromatic rings. The smallest absolute Gasteiger partial charge is 0.310 e. The molecule has 0 aliphatic heterocycles. The van der Waals surface area contributed by atoms with Crippen molar-refractivity contribution in [3.8, 4) is 0 Å². The fourth-order valence-electron chi connectivity index (χ4n) is 0.597. The average Bonchev–Trinajstić information content (AvgIpc) is 2.04. The first-order valence-electron chi connectivity index (χ1n) is 4.15. The molecule has 2 heteroatoms. The number of allylic oxidation sites excluding steroid dienone is 1. The standard InChI is InChI=1S/C9H16O2/c1-3-5-6-7-8-11-9(10)4-2/h7-8H,3-6H2,1-2H3/b8-7+. The molecule has 0 spiro atoms. The third kappa shape index (κ3) is 7.10. The molecule has 0 saturated carbocycles. The molecule has 2 nitrogen and oxygen atoms in total. The van der Waals surface area contributed by atoms with Crippen molar-refractivity contribution in [3.05, 3.63) is 12.3 Å². The molecule has 0 fully saturated rings. The van der Waals surface area contributed by atoms with Crippen LogP contribution in [0.5, 0.6) is 0 Å². The predicted molar refractivity (Wildman–Crippen MR) is 45.0 cm³/mol. The maximum Gasteiger partial charge on any atom is 0.310 e. The van der Waals surface area contributed by atoms with Gasteiger partial charge in [-0.1, -0.05) is 20.3 Å². The van der Waals surface area contributed by atoms with Crippen molar-refractivity contribution < 1.29 is 9.53 Å². The molecule has 0 bridgehead atoms. The van der Waals surface area contributed by atoms with Gasteiger partial charge in [-0.15, -0.1) is 0 Å². The number of esters is 1. The van der Waals surface area contributed by atoms with Crippen molar-refractivity contribution in [2.24, 2.45) is 0 Å². The average molecular weight is 156 g/mol. The van der Waals surface area contributed by atoms with Gasteiger partial charge in [0.1, 0.15) is 0 Å². The van der Waals surface area contributed by atoms with E-state index in [1.807, 2.05) is 6.08 Å². The van der Waals surface area contributed by atoms with Gasteiger partial charge < -0.3 is 4.74 Å². The van der Waals surface area contributed by atoms with Crippen LogP contribution in [0.3, 0.4) is 0 Å². The highest BCUT2D eigenvalue weighted by molar-refractivity contribution is 5.69. The molecule has 0 aliphatic carbocycles. The molecule has 11 heavy (non-hydrogen) atoms. The van der Waals surface area contributed by atoms with Crippen LogP contribution in [0, 0.1) is 0 Å². The summed E-state index contributed by atoms with van der Waals surface area (Å²) in [6, 6.07) is 0. The van der Waals surface area contributed by atoms with Crippen molar-refractivity contribution in [3.63, 3.8) is 0 Å². The topological polar surface area (TPSA) is 26.3 Å². The first-order chi connectivity index (χ1) is 5.31. The highest BCUT2D eigenvalue weighted by atomic mass is 16.5. The van der Waals surface area contributed by atoms with E-state index in [9.17, 15) is 4.79 Å². The number of hydrogen-bond acceptors (Lipinski definition) is 2. The lowest BCUT2D eigenvalue weighted by atomic mass is 10.2. The number of unbranched alkanes of at least 4 members (excludes halogenated alkanes) is 2. The van der Waals surface area contributed by atoms with E-state index in [-0.39, 0.29) is 5.97 Å². The zero-order chi connectivity index (χ0) is 8.53. The molecule has 64 valence electrons. The van der Waals surface area contributed by atoms with Crippen molar-refractivity contribution in [1.29, 1.82) is 0 Å². The van der Waals surface area contributed by atoms with Crippen LogP contribution in [-0.2, 0) is 9.53 Å². The normalized spacial score (nSPS) is 10.4. The van der Waals surface area contributed by atoms with E-state index in [0.29, 0.717) is 6.42 Å². The number of ether oxygens (including phenoxy) is 1. The lowest BCUT2D eigenvalue weighted by Crippen LogP contribution is -1.94. The number of rotatable bonds is 5.